The summed E-state index contributed by atoms with van der Waals surface area (Å²) in [5.74, 6) is 0.603. The Morgan fingerprint density at radius 2 is 2.00 bits per heavy atom. The summed E-state index contributed by atoms with van der Waals surface area (Å²) in [5, 5.41) is 0.183. The van der Waals surface area contributed by atoms with Gasteiger partial charge in [0.2, 0.25) is 0 Å². The highest BCUT2D eigenvalue weighted by molar-refractivity contribution is 6.31. The third kappa shape index (κ3) is 3.48. The Kier molecular flexibility index (Phi) is 4.40. The molecule has 1 aromatic carbocycles. The fourth-order valence-corrected chi connectivity index (χ4v) is 2.86. The zero-order chi connectivity index (χ0) is 17.3. The lowest BCUT2D eigenvalue weighted by molar-refractivity contribution is -0.274. The Morgan fingerprint density at radius 1 is 1.21 bits per heavy atom. The maximum absolute atomic E-state index is 12.4. The third-order valence-corrected chi connectivity index (χ3v) is 3.94. The van der Waals surface area contributed by atoms with Crippen LogP contribution in [-0.2, 0) is 13.0 Å². The lowest BCUT2D eigenvalue weighted by atomic mass is 9.99. The van der Waals surface area contributed by atoms with Crippen molar-refractivity contribution >= 4 is 17.4 Å². The molecule has 0 fully saturated rings. The topological polar surface area (TPSA) is 47.5 Å². The Balaban J connectivity index is 1.88. The minimum atomic E-state index is -4.72. The number of alkyl halides is 3. The molecule has 0 unspecified atom stereocenters. The average molecular weight is 360 g/mol. The second-order valence-electron chi connectivity index (χ2n) is 5.17. The number of anilines is 1. The van der Waals surface area contributed by atoms with Gasteiger partial charge in [0.1, 0.15) is 12.1 Å². The van der Waals surface area contributed by atoms with Crippen LogP contribution in [0.5, 0.6) is 11.5 Å². The van der Waals surface area contributed by atoms with E-state index in [9.17, 15) is 13.2 Å². The second kappa shape index (κ2) is 6.35. The third-order valence-electron chi connectivity index (χ3n) is 3.67. The molecule has 5 nitrogen and oxygen atoms in total. The molecule has 0 spiro atoms. The minimum absolute atomic E-state index is 0.183. The summed E-state index contributed by atoms with van der Waals surface area (Å²) < 4.78 is 46.3. The first-order valence-corrected chi connectivity index (χ1v) is 7.42. The highest BCUT2D eigenvalue weighted by Gasteiger charge is 2.31. The maximum Gasteiger partial charge on any atom is 0.573 e. The molecule has 0 saturated carbocycles. The number of hydrogen-bond donors (Lipinski definition) is 0. The molecule has 2 aromatic rings. The maximum atomic E-state index is 12.4. The van der Waals surface area contributed by atoms with Crippen LogP contribution in [-0.4, -0.2) is 30.0 Å². The van der Waals surface area contributed by atoms with Crippen molar-refractivity contribution in [3.8, 4) is 11.5 Å². The van der Waals surface area contributed by atoms with Crippen molar-refractivity contribution in [2.45, 2.75) is 19.3 Å². The molecule has 2 heterocycles. The average Bonchev–Trinajstić information content (AvgIpc) is 2.52. The summed E-state index contributed by atoms with van der Waals surface area (Å²) in [6, 6.07) is 4.37. The normalized spacial score (nSPS) is 14.3. The minimum Gasteiger partial charge on any atom is -0.490 e. The monoisotopic (exact) mass is 359 g/mol. The van der Waals surface area contributed by atoms with Gasteiger partial charge < -0.3 is 14.4 Å². The van der Waals surface area contributed by atoms with Crippen molar-refractivity contribution in [3.63, 3.8) is 0 Å². The Morgan fingerprint density at radius 3 is 2.71 bits per heavy atom. The number of nitrogens with zero attached hydrogens (tertiary/aromatic N) is 3. The largest absolute Gasteiger partial charge is 0.573 e. The molecule has 24 heavy (non-hydrogen) atoms. The van der Waals surface area contributed by atoms with E-state index in [0.29, 0.717) is 31.1 Å². The van der Waals surface area contributed by atoms with E-state index in [1.54, 1.807) is 6.07 Å². The predicted molar refractivity (Wildman–Crippen MR) is 81.5 cm³/mol. The highest BCUT2D eigenvalue weighted by Crippen LogP contribution is 2.35. The summed E-state index contributed by atoms with van der Waals surface area (Å²) in [6.07, 6.45) is -2.74. The van der Waals surface area contributed by atoms with Gasteiger partial charge in [0.05, 0.1) is 7.11 Å². The fraction of sp³-hybridized carbons (Fsp3) is 0.333. The van der Waals surface area contributed by atoms with E-state index < -0.39 is 6.36 Å². The summed E-state index contributed by atoms with van der Waals surface area (Å²) in [5.41, 5.74) is 1.71. The first-order valence-electron chi connectivity index (χ1n) is 7.04. The van der Waals surface area contributed by atoms with Gasteiger partial charge in [-0.05, 0) is 29.7 Å². The van der Waals surface area contributed by atoms with E-state index in [1.807, 2.05) is 4.90 Å². The van der Waals surface area contributed by atoms with E-state index in [4.69, 9.17) is 16.3 Å². The van der Waals surface area contributed by atoms with Crippen LogP contribution in [0.2, 0.25) is 5.15 Å². The molecular weight excluding hydrogens is 347 g/mol. The quantitative estimate of drug-likeness (QED) is 0.784. The SMILES string of the molecule is COc1c(Cl)ncnc1N1CCc2ccc(OC(F)(F)F)cc2C1. The van der Waals surface area contributed by atoms with Gasteiger partial charge in [-0.1, -0.05) is 17.7 Å². The highest BCUT2D eigenvalue weighted by atomic mass is 35.5. The van der Waals surface area contributed by atoms with E-state index in [1.165, 1.54) is 25.6 Å². The number of benzene rings is 1. The van der Waals surface area contributed by atoms with Gasteiger partial charge in [-0.25, -0.2) is 9.97 Å². The Hall–Kier alpha value is -2.22. The standard InChI is InChI=1S/C15H13ClF3N3O2/c1-23-12-13(16)20-8-21-14(12)22-5-4-9-2-3-11(6-10(9)7-22)24-15(17,18)19/h2-3,6,8H,4-5,7H2,1H3. The van der Waals surface area contributed by atoms with Gasteiger partial charge in [-0.3, -0.25) is 0 Å². The molecule has 0 saturated heterocycles. The number of aromatic nitrogens is 2. The van der Waals surface area contributed by atoms with E-state index >= 15 is 0 Å². The van der Waals surface area contributed by atoms with Gasteiger partial charge in [0.25, 0.3) is 0 Å². The van der Waals surface area contributed by atoms with Gasteiger partial charge >= 0.3 is 6.36 Å². The lowest BCUT2D eigenvalue weighted by Gasteiger charge is -2.30. The van der Waals surface area contributed by atoms with Crippen LogP contribution in [0.3, 0.4) is 0 Å². The van der Waals surface area contributed by atoms with Crippen LogP contribution in [0.1, 0.15) is 11.1 Å². The first kappa shape index (κ1) is 16.6. The van der Waals surface area contributed by atoms with Crippen molar-refractivity contribution in [1.82, 2.24) is 9.97 Å². The zero-order valence-electron chi connectivity index (χ0n) is 12.6. The number of ether oxygens (including phenoxy) is 2. The van der Waals surface area contributed by atoms with Crippen molar-refractivity contribution in [3.05, 3.63) is 40.8 Å². The smallest absolute Gasteiger partial charge is 0.490 e. The zero-order valence-corrected chi connectivity index (χ0v) is 13.4. The summed E-state index contributed by atoms with van der Waals surface area (Å²) in [7, 11) is 1.46. The van der Waals surface area contributed by atoms with Crippen LogP contribution in [0.4, 0.5) is 19.0 Å². The van der Waals surface area contributed by atoms with E-state index in [-0.39, 0.29) is 10.9 Å². The van der Waals surface area contributed by atoms with Crippen molar-refractivity contribution in [2.75, 3.05) is 18.6 Å². The second-order valence-corrected chi connectivity index (χ2v) is 5.53. The molecule has 0 amide bonds. The van der Waals surface area contributed by atoms with Crippen molar-refractivity contribution in [1.29, 1.82) is 0 Å². The molecule has 0 atom stereocenters. The number of methoxy groups -OCH3 is 1. The number of fused-ring (bicyclic) bond motifs is 1. The molecule has 0 aliphatic carbocycles. The van der Waals surface area contributed by atoms with Crippen molar-refractivity contribution < 1.29 is 22.6 Å². The van der Waals surface area contributed by atoms with Gasteiger partial charge in [0, 0.05) is 13.1 Å². The molecule has 0 radical (unpaired) electrons. The first-order chi connectivity index (χ1) is 11.4. The van der Waals surface area contributed by atoms with Crippen molar-refractivity contribution in [2.24, 2.45) is 0 Å². The van der Waals surface area contributed by atoms with E-state index in [0.717, 1.165) is 11.1 Å². The molecule has 1 aromatic heterocycles. The van der Waals surface area contributed by atoms with E-state index in [2.05, 4.69) is 14.7 Å². The van der Waals surface area contributed by atoms with Crippen LogP contribution in [0, 0.1) is 0 Å². The molecule has 1 aliphatic rings. The Bertz CT molecular complexity index is 755. The van der Waals surface area contributed by atoms with Crippen LogP contribution in [0.25, 0.3) is 0 Å². The molecule has 1 aliphatic heterocycles. The number of hydrogen-bond acceptors (Lipinski definition) is 5. The summed E-state index contributed by atoms with van der Waals surface area (Å²) >= 11 is 6.00. The molecule has 9 heteroatoms. The molecular formula is C15H13ClF3N3O2. The fourth-order valence-electron chi connectivity index (χ4n) is 2.66. The molecule has 3 rings (SSSR count). The van der Waals surface area contributed by atoms with Crippen LogP contribution >= 0.6 is 11.6 Å². The predicted octanol–water partition coefficient (Wildman–Crippen LogP) is 3.60. The molecule has 0 bridgehead atoms. The Labute approximate surface area is 141 Å². The number of rotatable bonds is 3. The van der Waals surface area contributed by atoms with Gasteiger partial charge in [-0.15, -0.1) is 13.2 Å². The number of halogens is 4. The van der Waals surface area contributed by atoms with Crippen LogP contribution < -0.4 is 14.4 Å². The molecule has 128 valence electrons. The van der Waals surface area contributed by atoms with Gasteiger partial charge in [-0.2, -0.15) is 0 Å². The summed E-state index contributed by atoms with van der Waals surface area (Å²) in [4.78, 5) is 9.93. The van der Waals surface area contributed by atoms with Crippen LogP contribution in [0.15, 0.2) is 24.5 Å². The molecule has 0 N–H and O–H groups in total. The summed E-state index contributed by atoms with van der Waals surface area (Å²) in [6.45, 7) is 1.00. The van der Waals surface area contributed by atoms with Gasteiger partial charge in [0.15, 0.2) is 16.7 Å². The lowest BCUT2D eigenvalue weighted by Crippen LogP contribution is -2.31.